The van der Waals surface area contributed by atoms with Gasteiger partial charge in [-0.25, -0.2) is 9.55 Å². The normalized spacial score (nSPS) is 13.2. The Morgan fingerprint density at radius 1 is 0.475 bits per heavy atom. The third-order valence-electron chi connectivity index (χ3n) is 9.39. The molecule has 2 nitrogen and oxygen atoms in total. The molecule has 1 N–H and O–H groups in total. The first-order valence-corrected chi connectivity index (χ1v) is 18.8. The molecule has 0 fully saturated rings. The summed E-state index contributed by atoms with van der Waals surface area (Å²) in [7, 11) is 0. The van der Waals surface area contributed by atoms with Crippen molar-refractivity contribution in [2.75, 3.05) is 0 Å². The number of aromatic nitrogens is 2. The zero-order chi connectivity index (χ0) is 28.9. The number of hydrogen-bond acceptors (Lipinski definition) is 0. The summed E-state index contributed by atoms with van der Waals surface area (Å²) < 4.78 is 2.62. The molecule has 2 atom stereocenters. The van der Waals surface area contributed by atoms with E-state index in [2.05, 4.69) is 49.6 Å². The van der Waals surface area contributed by atoms with Crippen molar-refractivity contribution in [2.45, 2.75) is 226 Å². The van der Waals surface area contributed by atoms with E-state index in [0.29, 0.717) is 12.0 Å². The summed E-state index contributed by atoms with van der Waals surface area (Å²) in [4.78, 5) is 3.74. The minimum absolute atomic E-state index is 0.621. The van der Waals surface area contributed by atoms with E-state index in [1.54, 1.807) is 0 Å². The van der Waals surface area contributed by atoms with Crippen LogP contribution in [0.2, 0.25) is 0 Å². The van der Waals surface area contributed by atoms with Crippen molar-refractivity contribution in [3.63, 3.8) is 0 Å². The fourth-order valence-electron chi connectivity index (χ4n) is 6.60. The lowest BCUT2D eigenvalue weighted by molar-refractivity contribution is -0.727. The lowest BCUT2D eigenvalue weighted by atomic mass is 9.92. The molecule has 1 aromatic rings. The maximum Gasteiger partial charge on any atom is 0.257 e. The van der Waals surface area contributed by atoms with Gasteiger partial charge in [0.15, 0.2) is 0 Å². The molecule has 236 valence electrons. The van der Waals surface area contributed by atoms with Crippen LogP contribution < -0.4 is 4.57 Å². The summed E-state index contributed by atoms with van der Waals surface area (Å²) in [5.41, 5.74) is 0. The third kappa shape index (κ3) is 20.1. The van der Waals surface area contributed by atoms with Crippen LogP contribution >= 0.6 is 0 Å². The van der Waals surface area contributed by atoms with Crippen molar-refractivity contribution in [3.05, 3.63) is 18.2 Å². The highest BCUT2D eigenvalue weighted by Gasteiger charge is 2.25. The number of nitrogens with one attached hydrogen (secondary N) is 1. The number of H-pyrrole nitrogens is 1. The summed E-state index contributed by atoms with van der Waals surface area (Å²) in [6.45, 7) is 9.40. The highest BCUT2D eigenvalue weighted by atomic mass is 15.1. The molecule has 0 aliphatic rings. The Balaban J connectivity index is 2.43. The number of unbranched alkanes of at least 4 members (excludes halogenated alkanes) is 23. The summed E-state index contributed by atoms with van der Waals surface area (Å²) in [5, 5.41) is 0. The van der Waals surface area contributed by atoms with Crippen LogP contribution in [0.1, 0.15) is 232 Å². The third-order valence-corrected chi connectivity index (χ3v) is 9.39. The molecule has 1 heterocycles. The quantitative estimate of drug-likeness (QED) is 0.0689. The second-order valence-electron chi connectivity index (χ2n) is 13.3. The highest BCUT2D eigenvalue weighted by molar-refractivity contribution is 4.90. The van der Waals surface area contributed by atoms with E-state index in [1.165, 1.54) is 192 Å². The summed E-state index contributed by atoms with van der Waals surface area (Å²) in [5.74, 6) is 2.24. The fourth-order valence-corrected chi connectivity index (χ4v) is 6.60. The monoisotopic (exact) mass is 560 g/mol. The molecule has 0 spiro atoms. The minimum atomic E-state index is 0.621. The summed E-state index contributed by atoms with van der Waals surface area (Å²) in [6.07, 6.45) is 45.7. The van der Waals surface area contributed by atoms with Gasteiger partial charge in [-0.15, -0.1) is 0 Å². The molecule has 40 heavy (non-hydrogen) atoms. The van der Waals surface area contributed by atoms with Crippen LogP contribution in [-0.2, 0) is 0 Å². The average molecular weight is 560 g/mol. The number of nitrogens with zero attached hydrogens (tertiary/aromatic N) is 1. The molecule has 2 unspecified atom stereocenters. The van der Waals surface area contributed by atoms with E-state index in [1.807, 2.05) is 0 Å². The van der Waals surface area contributed by atoms with Crippen LogP contribution in [0.3, 0.4) is 0 Å². The molecule has 0 bridgehead atoms. The summed E-state index contributed by atoms with van der Waals surface area (Å²) >= 11 is 0. The molecule has 1 aromatic heterocycles. The first-order valence-electron chi connectivity index (χ1n) is 18.8. The maximum atomic E-state index is 3.74. The molecule has 0 aliphatic carbocycles. The molecule has 0 radical (unpaired) electrons. The van der Waals surface area contributed by atoms with Gasteiger partial charge in [-0.2, -0.15) is 0 Å². The van der Waals surface area contributed by atoms with Crippen molar-refractivity contribution in [1.82, 2.24) is 4.98 Å². The van der Waals surface area contributed by atoms with Crippen molar-refractivity contribution in [3.8, 4) is 0 Å². The van der Waals surface area contributed by atoms with Gasteiger partial charge in [0.05, 0.1) is 12.0 Å². The smallest absolute Gasteiger partial charge is 0.247 e. The molecule has 1 rings (SSSR count). The van der Waals surface area contributed by atoms with E-state index >= 15 is 0 Å². The number of hydrogen-bond donors (Lipinski definition) is 1. The van der Waals surface area contributed by atoms with Gasteiger partial charge in [-0.05, 0) is 32.6 Å². The van der Waals surface area contributed by atoms with E-state index in [9.17, 15) is 0 Å². The minimum Gasteiger partial charge on any atom is -0.247 e. The standard InChI is InChI=1S/C38H74N2/c1-5-8-11-14-16-18-20-22-24-27-30-33-37(32-29-26-23-21-19-17-15-12-9-6-2)38-39-34-35-40(38)36(4)31-28-25-13-10-7-3/h34-37H,5-33H2,1-4H3/p+1. The van der Waals surface area contributed by atoms with E-state index in [0.717, 1.165) is 0 Å². The molecule has 0 aliphatic heterocycles. The van der Waals surface area contributed by atoms with Gasteiger partial charge in [0.25, 0.3) is 5.82 Å². The lowest BCUT2D eigenvalue weighted by Crippen LogP contribution is -2.41. The van der Waals surface area contributed by atoms with Gasteiger partial charge >= 0.3 is 0 Å². The fraction of sp³-hybridized carbons (Fsp3) is 0.921. The second-order valence-corrected chi connectivity index (χ2v) is 13.3. The van der Waals surface area contributed by atoms with Gasteiger partial charge in [0.2, 0.25) is 0 Å². The van der Waals surface area contributed by atoms with E-state index in [4.69, 9.17) is 0 Å². The number of rotatable bonds is 31. The average Bonchev–Trinajstić information content (AvgIpc) is 3.45. The van der Waals surface area contributed by atoms with Crippen LogP contribution in [0.4, 0.5) is 0 Å². The molecule has 0 saturated heterocycles. The number of aromatic amines is 1. The Bertz CT molecular complexity index is 621. The molecule has 0 saturated carbocycles. The van der Waals surface area contributed by atoms with Crippen molar-refractivity contribution < 1.29 is 4.57 Å². The molecule has 0 aromatic carbocycles. The highest BCUT2D eigenvalue weighted by Crippen LogP contribution is 2.27. The molecular formula is C38H75N2+. The Hall–Kier alpha value is -0.790. The maximum absolute atomic E-state index is 3.74. The van der Waals surface area contributed by atoms with Gasteiger partial charge in [0.1, 0.15) is 12.4 Å². The van der Waals surface area contributed by atoms with Gasteiger partial charge in [0, 0.05) is 0 Å². The van der Waals surface area contributed by atoms with Crippen molar-refractivity contribution in [2.24, 2.45) is 0 Å². The van der Waals surface area contributed by atoms with E-state index in [-0.39, 0.29) is 0 Å². The topological polar surface area (TPSA) is 19.7 Å². The van der Waals surface area contributed by atoms with Crippen molar-refractivity contribution >= 4 is 0 Å². The van der Waals surface area contributed by atoms with Crippen LogP contribution in [0.25, 0.3) is 0 Å². The largest absolute Gasteiger partial charge is 0.257 e. The van der Waals surface area contributed by atoms with Gasteiger partial charge < -0.3 is 0 Å². The zero-order valence-electron chi connectivity index (χ0n) is 28.3. The van der Waals surface area contributed by atoms with Crippen LogP contribution in [-0.4, -0.2) is 4.98 Å². The number of imidazole rings is 1. The predicted molar refractivity (Wildman–Crippen MR) is 179 cm³/mol. The Kier molecular flexibility index (Phi) is 26.4. The zero-order valence-corrected chi connectivity index (χ0v) is 28.3. The van der Waals surface area contributed by atoms with Crippen LogP contribution in [0.5, 0.6) is 0 Å². The molecule has 2 heteroatoms. The van der Waals surface area contributed by atoms with Gasteiger partial charge in [-0.3, -0.25) is 0 Å². The first kappa shape index (κ1) is 37.2. The van der Waals surface area contributed by atoms with Gasteiger partial charge in [-0.1, -0.05) is 181 Å². The Labute approximate surface area is 253 Å². The Morgan fingerprint density at radius 2 is 0.800 bits per heavy atom. The van der Waals surface area contributed by atoms with Crippen LogP contribution in [0.15, 0.2) is 12.4 Å². The van der Waals surface area contributed by atoms with Crippen molar-refractivity contribution in [1.29, 1.82) is 0 Å². The van der Waals surface area contributed by atoms with E-state index < -0.39 is 0 Å². The van der Waals surface area contributed by atoms with Crippen LogP contribution in [0, 0.1) is 0 Å². The molecular weight excluding hydrogens is 484 g/mol. The Morgan fingerprint density at radius 3 is 1.18 bits per heavy atom. The summed E-state index contributed by atoms with van der Waals surface area (Å²) in [6, 6.07) is 0.621. The second kappa shape index (κ2) is 28.3. The molecule has 0 amide bonds. The first-order chi connectivity index (χ1) is 19.7. The SMILES string of the molecule is CCCCCCCCCCCCCC(CCCCCCCCCCCC)c1[nH]cc[n+]1C(C)CCCCCCC. The predicted octanol–water partition coefficient (Wildman–Crippen LogP) is 13.3. The lowest BCUT2D eigenvalue weighted by Gasteiger charge is -2.17.